The van der Waals surface area contributed by atoms with E-state index in [1.54, 1.807) is 6.20 Å². The minimum atomic E-state index is 0.841. The van der Waals surface area contributed by atoms with E-state index in [-0.39, 0.29) is 0 Å². The van der Waals surface area contributed by atoms with E-state index in [0.29, 0.717) is 0 Å². The molecule has 2 aromatic carbocycles. The maximum Gasteiger partial charge on any atom is 0.0972 e. The van der Waals surface area contributed by atoms with Crippen LogP contribution in [0.3, 0.4) is 0 Å². The number of hydrogen-bond donors (Lipinski definition) is 0. The van der Waals surface area contributed by atoms with E-state index in [1.807, 2.05) is 36.5 Å². The number of rotatable bonds is 1. The van der Waals surface area contributed by atoms with E-state index in [2.05, 4.69) is 52.4 Å². The van der Waals surface area contributed by atoms with E-state index in [1.165, 1.54) is 0 Å². The third-order valence-electron chi connectivity index (χ3n) is 5.14. The lowest BCUT2D eigenvalue weighted by molar-refractivity contribution is 1.31. The number of hydrogen-bond acceptors (Lipinski definition) is 4. The average molecular weight is 358 g/mol. The lowest BCUT2D eigenvalue weighted by Crippen LogP contribution is -1.92. The molecule has 0 radical (unpaired) electrons. The number of nitrogens with zero attached hydrogens (tertiary/aromatic N) is 4. The Kier molecular flexibility index (Phi) is 3.14. The van der Waals surface area contributed by atoms with Gasteiger partial charge in [-0.2, -0.15) is 0 Å². The third-order valence-corrected chi connectivity index (χ3v) is 5.14. The summed E-state index contributed by atoms with van der Waals surface area (Å²) >= 11 is 0. The molecule has 0 atom stereocenters. The highest BCUT2D eigenvalue weighted by Crippen LogP contribution is 2.28. The molecule has 0 aliphatic rings. The molecule has 6 aromatic rings. The average Bonchev–Trinajstić information content (AvgIpc) is 2.78. The summed E-state index contributed by atoms with van der Waals surface area (Å²) in [4.78, 5) is 18.8. The Morgan fingerprint density at radius 3 is 1.93 bits per heavy atom. The molecule has 0 saturated heterocycles. The van der Waals surface area contributed by atoms with Crippen LogP contribution in [0.5, 0.6) is 0 Å². The first-order chi connectivity index (χ1) is 13.9. The van der Waals surface area contributed by atoms with E-state index in [4.69, 9.17) is 9.97 Å². The molecular weight excluding hydrogens is 344 g/mol. The van der Waals surface area contributed by atoms with E-state index >= 15 is 0 Å². The van der Waals surface area contributed by atoms with Gasteiger partial charge >= 0.3 is 0 Å². The molecule has 0 aliphatic heterocycles. The molecule has 0 amide bonds. The normalized spacial score (nSPS) is 11.6. The van der Waals surface area contributed by atoms with Crippen LogP contribution >= 0.6 is 0 Å². The van der Waals surface area contributed by atoms with Crippen molar-refractivity contribution >= 4 is 43.6 Å². The SMILES string of the molecule is c1cnc2c(c1)ccc1ccc(-c3ccc4ccc5ncccc5c4n3)nc12. The second-order valence-corrected chi connectivity index (χ2v) is 6.81. The Hall–Kier alpha value is -3.92. The van der Waals surface area contributed by atoms with Gasteiger partial charge in [0.05, 0.1) is 33.5 Å². The highest BCUT2D eigenvalue weighted by molar-refractivity contribution is 6.05. The number of fused-ring (bicyclic) bond motifs is 6. The van der Waals surface area contributed by atoms with Gasteiger partial charge in [-0.05, 0) is 36.4 Å². The van der Waals surface area contributed by atoms with Crippen LogP contribution < -0.4 is 0 Å². The van der Waals surface area contributed by atoms with Gasteiger partial charge < -0.3 is 0 Å². The van der Waals surface area contributed by atoms with Crippen molar-refractivity contribution in [3.05, 3.63) is 85.2 Å². The molecule has 0 fully saturated rings. The molecule has 4 aromatic heterocycles. The third kappa shape index (κ3) is 2.25. The van der Waals surface area contributed by atoms with Crippen LogP contribution in [0, 0.1) is 0 Å². The molecule has 0 bridgehead atoms. The van der Waals surface area contributed by atoms with Gasteiger partial charge in [-0.1, -0.05) is 36.4 Å². The molecule has 6 rings (SSSR count). The van der Waals surface area contributed by atoms with Crippen molar-refractivity contribution in [1.82, 2.24) is 19.9 Å². The highest BCUT2D eigenvalue weighted by atomic mass is 14.8. The quantitative estimate of drug-likeness (QED) is 0.362. The van der Waals surface area contributed by atoms with Gasteiger partial charge in [-0.15, -0.1) is 0 Å². The maximum atomic E-state index is 4.94. The Morgan fingerprint density at radius 2 is 1.07 bits per heavy atom. The van der Waals surface area contributed by atoms with Gasteiger partial charge in [-0.3, -0.25) is 9.97 Å². The molecule has 0 N–H and O–H groups in total. The van der Waals surface area contributed by atoms with E-state index in [0.717, 1.165) is 55.0 Å². The zero-order chi connectivity index (χ0) is 18.5. The summed E-state index contributed by atoms with van der Waals surface area (Å²) in [5.41, 5.74) is 5.39. The molecule has 130 valence electrons. The molecular formula is C24H14N4. The van der Waals surface area contributed by atoms with Crippen molar-refractivity contribution in [2.24, 2.45) is 0 Å². The second kappa shape index (κ2) is 5.79. The Balaban J connectivity index is 1.63. The smallest absolute Gasteiger partial charge is 0.0972 e. The van der Waals surface area contributed by atoms with Gasteiger partial charge in [0.2, 0.25) is 0 Å². The zero-order valence-electron chi connectivity index (χ0n) is 14.9. The first-order valence-corrected chi connectivity index (χ1v) is 9.16. The first kappa shape index (κ1) is 15.2. The summed E-state index contributed by atoms with van der Waals surface area (Å²) in [7, 11) is 0. The Morgan fingerprint density at radius 1 is 0.464 bits per heavy atom. The lowest BCUT2D eigenvalue weighted by Gasteiger charge is -2.07. The Bertz CT molecular complexity index is 1400. The topological polar surface area (TPSA) is 51.6 Å². The lowest BCUT2D eigenvalue weighted by atomic mass is 10.1. The van der Waals surface area contributed by atoms with Crippen molar-refractivity contribution in [3.8, 4) is 11.4 Å². The van der Waals surface area contributed by atoms with Crippen molar-refractivity contribution in [2.45, 2.75) is 0 Å². The monoisotopic (exact) mass is 358 g/mol. The van der Waals surface area contributed by atoms with E-state index in [9.17, 15) is 0 Å². The van der Waals surface area contributed by atoms with Crippen LogP contribution in [-0.2, 0) is 0 Å². The maximum absolute atomic E-state index is 4.94. The Labute approximate surface area is 160 Å². The molecule has 4 nitrogen and oxygen atoms in total. The standard InChI is InChI=1S/C24H14N4/c1-3-15-5-6-17-9-12-21(28-24(17)23(15)26-14-1)20-11-8-16-7-10-19-18(22(16)27-20)4-2-13-25-19/h1-14H. The molecule has 0 unspecified atom stereocenters. The summed E-state index contributed by atoms with van der Waals surface area (Å²) in [5, 5.41) is 4.31. The predicted molar refractivity (Wildman–Crippen MR) is 113 cm³/mol. The fraction of sp³-hybridized carbons (Fsp3) is 0. The van der Waals surface area contributed by atoms with Crippen LogP contribution in [0.4, 0.5) is 0 Å². The molecule has 0 spiro atoms. The van der Waals surface area contributed by atoms with Crippen LogP contribution in [0.15, 0.2) is 85.2 Å². The van der Waals surface area contributed by atoms with Crippen molar-refractivity contribution < 1.29 is 0 Å². The predicted octanol–water partition coefficient (Wildman–Crippen LogP) is 5.55. The summed E-state index contributed by atoms with van der Waals surface area (Å²) in [6.07, 6.45) is 3.62. The van der Waals surface area contributed by atoms with Crippen LogP contribution in [0.2, 0.25) is 0 Å². The van der Waals surface area contributed by atoms with Crippen molar-refractivity contribution in [2.75, 3.05) is 0 Å². The summed E-state index contributed by atoms with van der Waals surface area (Å²) in [6.45, 7) is 0. The summed E-state index contributed by atoms with van der Waals surface area (Å²) in [6, 6.07) is 24.5. The van der Waals surface area contributed by atoms with Crippen molar-refractivity contribution in [3.63, 3.8) is 0 Å². The van der Waals surface area contributed by atoms with Gasteiger partial charge in [0.1, 0.15) is 0 Å². The summed E-state index contributed by atoms with van der Waals surface area (Å²) in [5.74, 6) is 0. The number of pyridine rings is 4. The molecule has 0 aliphatic carbocycles. The number of aromatic nitrogens is 4. The molecule has 28 heavy (non-hydrogen) atoms. The molecule has 4 heteroatoms. The first-order valence-electron chi connectivity index (χ1n) is 9.16. The van der Waals surface area contributed by atoms with E-state index < -0.39 is 0 Å². The molecule has 4 heterocycles. The van der Waals surface area contributed by atoms with Crippen molar-refractivity contribution in [1.29, 1.82) is 0 Å². The minimum absolute atomic E-state index is 0.841. The fourth-order valence-electron chi connectivity index (χ4n) is 3.75. The molecule has 0 saturated carbocycles. The highest BCUT2D eigenvalue weighted by Gasteiger charge is 2.09. The second-order valence-electron chi connectivity index (χ2n) is 6.81. The van der Waals surface area contributed by atoms with Crippen LogP contribution in [0.1, 0.15) is 0 Å². The van der Waals surface area contributed by atoms with Crippen LogP contribution in [0.25, 0.3) is 55.0 Å². The minimum Gasteiger partial charge on any atom is -0.256 e. The number of benzene rings is 2. The summed E-state index contributed by atoms with van der Waals surface area (Å²) < 4.78 is 0. The van der Waals surface area contributed by atoms with Gasteiger partial charge in [0, 0.05) is 33.9 Å². The van der Waals surface area contributed by atoms with Gasteiger partial charge in [0.25, 0.3) is 0 Å². The fourth-order valence-corrected chi connectivity index (χ4v) is 3.75. The largest absolute Gasteiger partial charge is 0.256 e. The zero-order valence-corrected chi connectivity index (χ0v) is 14.9. The van der Waals surface area contributed by atoms with Crippen LogP contribution in [-0.4, -0.2) is 19.9 Å². The van der Waals surface area contributed by atoms with Gasteiger partial charge in [-0.25, -0.2) is 9.97 Å². The van der Waals surface area contributed by atoms with Gasteiger partial charge in [0.15, 0.2) is 0 Å².